The standard InChI is InChI=1S/C10H15BrF2N2O/c1-3-7(2)15-4-8(11)9(14-15)5-16-6-10(12)13/h4,7,10H,3,5-6H2,1-2H3/t7-/m0/s1. The Morgan fingerprint density at radius 3 is 2.81 bits per heavy atom. The number of nitrogens with zero attached hydrogens (tertiary/aromatic N) is 2. The molecule has 16 heavy (non-hydrogen) atoms. The largest absolute Gasteiger partial charge is 0.369 e. The molecule has 1 aromatic heterocycles. The highest BCUT2D eigenvalue weighted by Crippen LogP contribution is 2.19. The summed E-state index contributed by atoms with van der Waals surface area (Å²) >= 11 is 3.33. The van der Waals surface area contributed by atoms with Crippen molar-refractivity contribution in [2.24, 2.45) is 0 Å². The lowest BCUT2D eigenvalue weighted by Crippen LogP contribution is -2.07. The molecule has 0 radical (unpaired) electrons. The first-order chi connectivity index (χ1) is 7.54. The van der Waals surface area contributed by atoms with Crippen molar-refractivity contribution in [1.29, 1.82) is 0 Å². The summed E-state index contributed by atoms with van der Waals surface area (Å²) in [6, 6.07) is 0.292. The van der Waals surface area contributed by atoms with Crippen LogP contribution < -0.4 is 0 Å². The fourth-order valence-electron chi connectivity index (χ4n) is 1.16. The third-order valence-electron chi connectivity index (χ3n) is 2.28. The van der Waals surface area contributed by atoms with Gasteiger partial charge in [0.15, 0.2) is 0 Å². The van der Waals surface area contributed by atoms with Gasteiger partial charge in [-0.25, -0.2) is 8.78 Å². The molecule has 0 amide bonds. The zero-order valence-corrected chi connectivity index (χ0v) is 10.9. The number of halogens is 3. The van der Waals surface area contributed by atoms with Crippen LogP contribution in [0.1, 0.15) is 32.0 Å². The average Bonchev–Trinajstić information content (AvgIpc) is 2.59. The van der Waals surface area contributed by atoms with E-state index < -0.39 is 13.0 Å². The van der Waals surface area contributed by atoms with Gasteiger partial charge in [0.05, 0.1) is 11.1 Å². The second kappa shape index (κ2) is 6.30. The average molecular weight is 297 g/mol. The zero-order chi connectivity index (χ0) is 12.1. The van der Waals surface area contributed by atoms with E-state index in [-0.39, 0.29) is 6.61 Å². The van der Waals surface area contributed by atoms with Gasteiger partial charge in [-0.1, -0.05) is 6.92 Å². The molecule has 0 unspecified atom stereocenters. The second-order valence-electron chi connectivity index (χ2n) is 3.57. The third-order valence-corrected chi connectivity index (χ3v) is 2.94. The first-order valence-electron chi connectivity index (χ1n) is 5.14. The lowest BCUT2D eigenvalue weighted by Gasteiger charge is -2.07. The van der Waals surface area contributed by atoms with Crippen molar-refractivity contribution < 1.29 is 13.5 Å². The van der Waals surface area contributed by atoms with E-state index in [4.69, 9.17) is 4.74 Å². The van der Waals surface area contributed by atoms with E-state index in [2.05, 4.69) is 28.0 Å². The fourth-order valence-corrected chi connectivity index (χ4v) is 1.57. The Labute approximate surface area is 102 Å². The molecular formula is C10H15BrF2N2O. The summed E-state index contributed by atoms with van der Waals surface area (Å²) in [6.45, 7) is 3.66. The van der Waals surface area contributed by atoms with Crippen LogP contribution in [0.4, 0.5) is 8.78 Å². The van der Waals surface area contributed by atoms with Crippen molar-refractivity contribution in [2.45, 2.75) is 39.3 Å². The zero-order valence-electron chi connectivity index (χ0n) is 9.29. The summed E-state index contributed by atoms with van der Waals surface area (Å²) in [5, 5.41) is 4.28. The first-order valence-corrected chi connectivity index (χ1v) is 5.93. The van der Waals surface area contributed by atoms with Crippen LogP contribution in [0.15, 0.2) is 10.7 Å². The molecule has 0 fully saturated rings. The van der Waals surface area contributed by atoms with Gasteiger partial charge in [-0.3, -0.25) is 4.68 Å². The van der Waals surface area contributed by atoms with E-state index in [0.717, 1.165) is 10.9 Å². The minimum absolute atomic E-state index is 0.106. The summed E-state index contributed by atoms with van der Waals surface area (Å²) in [5.41, 5.74) is 0.654. The minimum Gasteiger partial charge on any atom is -0.369 e. The molecule has 0 aliphatic rings. The molecule has 0 spiro atoms. The number of rotatable bonds is 6. The van der Waals surface area contributed by atoms with Gasteiger partial charge in [0, 0.05) is 12.2 Å². The van der Waals surface area contributed by atoms with E-state index in [1.165, 1.54) is 0 Å². The monoisotopic (exact) mass is 296 g/mol. The third kappa shape index (κ3) is 3.83. The van der Waals surface area contributed by atoms with Gasteiger partial charge < -0.3 is 4.74 Å². The molecule has 1 atom stereocenters. The Balaban J connectivity index is 2.56. The lowest BCUT2D eigenvalue weighted by molar-refractivity contribution is 0.00847. The molecule has 0 bridgehead atoms. The first kappa shape index (κ1) is 13.6. The highest BCUT2D eigenvalue weighted by molar-refractivity contribution is 9.10. The van der Waals surface area contributed by atoms with Crippen molar-refractivity contribution in [3.8, 4) is 0 Å². The van der Waals surface area contributed by atoms with Gasteiger partial charge in [-0.05, 0) is 29.3 Å². The molecular weight excluding hydrogens is 282 g/mol. The molecule has 0 N–H and O–H groups in total. The van der Waals surface area contributed by atoms with Crippen molar-refractivity contribution in [1.82, 2.24) is 9.78 Å². The van der Waals surface area contributed by atoms with Gasteiger partial charge in [0.2, 0.25) is 0 Å². The van der Waals surface area contributed by atoms with Crippen LogP contribution in [0.2, 0.25) is 0 Å². The Hall–Kier alpha value is -0.490. The molecule has 92 valence electrons. The minimum atomic E-state index is -2.43. The molecule has 1 heterocycles. The summed E-state index contributed by atoms with van der Waals surface area (Å²) in [4.78, 5) is 0. The summed E-state index contributed by atoms with van der Waals surface area (Å²) in [5.74, 6) is 0. The maximum Gasteiger partial charge on any atom is 0.261 e. The topological polar surface area (TPSA) is 27.1 Å². The Morgan fingerprint density at radius 2 is 2.25 bits per heavy atom. The second-order valence-corrected chi connectivity index (χ2v) is 4.42. The molecule has 0 saturated carbocycles. The van der Waals surface area contributed by atoms with Gasteiger partial charge >= 0.3 is 0 Å². The predicted octanol–water partition coefficient (Wildman–Crippen LogP) is 3.40. The Bertz CT molecular complexity index is 331. The molecule has 0 aromatic carbocycles. The highest BCUT2D eigenvalue weighted by atomic mass is 79.9. The van der Waals surface area contributed by atoms with Crippen molar-refractivity contribution in [3.63, 3.8) is 0 Å². The fraction of sp³-hybridized carbons (Fsp3) is 0.700. The quantitative estimate of drug-likeness (QED) is 0.804. The Morgan fingerprint density at radius 1 is 1.56 bits per heavy atom. The highest BCUT2D eigenvalue weighted by Gasteiger charge is 2.11. The van der Waals surface area contributed by atoms with E-state index in [1.807, 2.05) is 17.8 Å². The van der Waals surface area contributed by atoms with E-state index >= 15 is 0 Å². The number of alkyl halides is 2. The molecule has 0 aliphatic heterocycles. The molecule has 0 saturated heterocycles. The maximum absolute atomic E-state index is 11.9. The van der Waals surface area contributed by atoms with Crippen molar-refractivity contribution in [2.75, 3.05) is 6.61 Å². The lowest BCUT2D eigenvalue weighted by atomic mass is 10.3. The van der Waals surface area contributed by atoms with E-state index in [9.17, 15) is 8.78 Å². The SMILES string of the molecule is CC[C@H](C)n1cc(Br)c(COCC(F)F)n1. The van der Waals surface area contributed by atoms with Gasteiger partial charge in [0.25, 0.3) is 6.43 Å². The van der Waals surface area contributed by atoms with E-state index in [0.29, 0.717) is 11.7 Å². The smallest absolute Gasteiger partial charge is 0.261 e. The molecule has 1 rings (SSSR count). The van der Waals surface area contributed by atoms with Gasteiger partial charge in [-0.2, -0.15) is 5.10 Å². The molecule has 6 heteroatoms. The number of aromatic nitrogens is 2. The summed E-state index contributed by atoms with van der Waals surface area (Å²) in [7, 11) is 0. The van der Waals surface area contributed by atoms with Crippen LogP contribution >= 0.6 is 15.9 Å². The maximum atomic E-state index is 11.9. The molecule has 0 aliphatic carbocycles. The normalized spacial score (nSPS) is 13.4. The number of ether oxygens (including phenoxy) is 1. The van der Waals surface area contributed by atoms with Crippen molar-refractivity contribution in [3.05, 3.63) is 16.4 Å². The number of hydrogen-bond acceptors (Lipinski definition) is 2. The molecule has 1 aromatic rings. The predicted molar refractivity (Wildman–Crippen MR) is 60.6 cm³/mol. The van der Waals surface area contributed by atoms with Crippen LogP contribution in [-0.4, -0.2) is 22.8 Å². The van der Waals surface area contributed by atoms with Gasteiger partial charge in [-0.15, -0.1) is 0 Å². The molecule has 3 nitrogen and oxygen atoms in total. The van der Waals surface area contributed by atoms with Gasteiger partial charge in [0.1, 0.15) is 12.3 Å². The van der Waals surface area contributed by atoms with Crippen LogP contribution in [0.3, 0.4) is 0 Å². The van der Waals surface area contributed by atoms with Crippen molar-refractivity contribution >= 4 is 15.9 Å². The van der Waals surface area contributed by atoms with Crippen LogP contribution in [-0.2, 0) is 11.3 Å². The Kier molecular flexibility index (Phi) is 5.34. The van der Waals surface area contributed by atoms with Crippen LogP contribution in [0, 0.1) is 0 Å². The van der Waals surface area contributed by atoms with Crippen LogP contribution in [0.5, 0.6) is 0 Å². The summed E-state index contributed by atoms with van der Waals surface area (Å²) in [6.07, 6.45) is 0.371. The van der Waals surface area contributed by atoms with E-state index in [1.54, 1.807) is 0 Å². The van der Waals surface area contributed by atoms with Crippen LogP contribution in [0.25, 0.3) is 0 Å². The summed E-state index contributed by atoms with van der Waals surface area (Å²) < 4.78 is 31.2. The number of hydrogen-bond donors (Lipinski definition) is 0.